The van der Waals surface area contributed by atoms with Crippen molar-refractivity contribution < 1.29 is 9.53 Å². The molecular formula is C13H29N3O2. The van der Waals surface area contributed by atoms with Gasteiger partial charge in [0.2, 0.25) is 5.91 Å². The third-order valence-electron chi connectivity index (χ3n) is 3.02. The Hall–Kier alpha value is -0.650. The number of hydrogen-bond donors (Lipinski definition) is 2. The van der Waals surface area contributed by atoms with Crippen molar-refractivity contribution >= 4 is 5.91 Å². The second kappa shape index (κ2) is 10.3. The van der Waals surface area contributed by atoms with E-state index in [1.54, 1.807) is 7.11 Å². The zero-order valence-corrected chi connectivity index (χ0v) is 12.5. The van der Waals surface area contributed by atoms with Gasteiger partial charge in [-0.25, -0.2) is 0 Å². The molecule has 0 aliphatic carbocycles. The molecule has 0 spiro atoms. The van der Waals surface area contributed by atoms with Crippen LogP contribution in [0.15, 0.2) is 0 Å². The molecule has 0 heterocycles. The normalized spacial score (nSPS) is 13.1. The van der Waals surface area contributed by atoms with Gasteiger partial charge in [0.15, 0.2) is 0 Å². The van der Waals surface area contributed by atoms with Crippen molar-refractivity contribution in [2.24, 2.45) is 5.92 Å². The van der Waals surface area contributed by atoms with E-state index in [1.807, 2.05) is 14.0 Å². The average molecular weight is 259 g/mol. The molecular weight excluding hydrogens is 230 g/mol. The molecule has 2 N–H and O–H groups in total. The summed E-state index contributed by atoms with van der Waals surface area (Å²) in [6, 6.07) is 0.226. The highest BCUT2D eigenvalue weighted by Crippen LogP contribution is 1.98. The minimum absolute atomic E-state index is 0.0655. The van der Waals surface area contributed by atoms with Gasteiger partial charge in [-0.1, -0.05) is 13.8 Å². The zero-order valence-electron chi connectivity index (χ0n) is 12.5. The van der Waals surface area contributed by atoms with Crippen molar-refractivity contribution in [1.82, 2.24) is 15.5 Å². The van der Waals surface area contributed by atoms with Crippen molar-refractivity contribution in [1.29, 1.82) is 0 Å². The Bertz CT molecular complexity index is 222. The second-order valence-electron chi connectivity index (χ2n) is 5.07. The van der Waals surface area contributed by atoms with Gasteiger partial charge in [-0.15, -0.1) is 0 Å². The van der Waals surface area contributed by atoms with E-state index in [1.165, 1.54) is 0 Å². The summed E-state index contributed by atoms with van der Waals surface area (Å²) in [7, 11) is 3.74. The van der Waals surface area contributed by atoms with E-state index in [2.05, 4.69) is 29.4 Å². The standard InChI is InChI=1S/C13H29N3O2/c1-11(2)12(3)15-13(17)10-14-6-7-16(4)8-9-18-5/h11-12,14H,6-10H2,1-5H3,(H,15,17). The number of likely N-dealkylation sites (N-methyl/N-ethyl adjacent to an activating group) is 1. The summed E-state index contributed by atoms with van der Waals surface area (Å²) in [6.45, 7) is 9.99. The molecule has 1 atom stereocenters. The van der Waals surface area contributed by atoms with Crippen molar-refractivity contribution in [3.05, 3.63) is 0 Å². The minimum Gasteiger partial charge on any atom is -0.383 e. The first-order valence-corrected chi connectivity index (χ1v) is 6.65. The van der Waals surface area contributed by atoms with E-state index in [9.17, 15) is 4.79 Å². The Morgan fingerprint density at radius 1 is 1.28 bits per heavy atom. The van der Waals surface area contributed by atoms with E-state index in [0.29, 0.717) is 12.5 Å². The zero-order chi connectivity index (χ0) is 14.0. The quantitative estimate of drug-likeness (QED) is 0.555. The van der Waals surface area contributed by atoms with Crippen LogP contribution in [-0.4, -0.2) is 63.8 Å². The average Bonchev–Trinajstić information content (AvgIpc) is 2.31. The number of ether oxygens (including phenoxy) is 1. The van der Waals surface area contributed by atoms with Gasteiger partial charge in [0, 0.05) is 32.8 Å². The van der Waals surface area contributed by atoms with Crippen LogP contribution in [-0.2, 0) is 9.53 Å². The third kappa shape index (κ3) is 9.39. The molecule has 5 nitrogen and oxygen atoms in total. The van der Waals surface area contributed by atoms with Gasteiger partial charge in [0.05, 0.1) is 13.2 Å². The summed E-state index contributed by atoms with van der Waals surface area (Å²) in [4.78, 5) is 13.7. The predicted molar refractivity (Wildman–Crippen MR) is 74.7 cm³/mol. The molecule has 1 unspecified atom stereocenters. The number of carbonyl (C=O) groups is 1. The maximum absolute atomic E-state index is 11.6. The van der Waals surface area contributed by atoms with Gasteiger partial charge in [-0.2, -0.15) is 0 Å². The fourth-order valence-electron chi connectivity index (χ4n) is 1.30. The number of amides is 1. The molecule has 0 fully saturated rings. The smallest absolute Gasteiger partial charge is 0.234 e. The maximum atomic E-state index is 11.6. The summed E-state index contributed by atoms with van der Waals surface area (Å²) >= 11 is 0. The van der Waals surface area contributed by atoms with E-state index in [0.717, 1.165) is 26.2 Å². The van der Waals surface area contributed by atoms with Crippen LogP contribution in [0, 0.1) is 5.92 Å². The van der Waals surface area contributed by atoms with Crippen molar-refractivity contribution in [3.8, 4) is 0 Å². The largest absolute Gasteiger partial charge is 0.383 e. The molecule has 0 aromatic heterocycles. The molecule has 0 aromatic carbocycles. The number of hydrogen-bond acceptors (Lipinski definition) is 4. The van der Waals surface area contributed by atoms with E-state index in [4.69, 9.17) is 4.74 Å². The highest BCUT2D eigenvalue weighted by molar-refractivity contribution is 5.78. The van der Waals surface area contributed by atoms with Gasteiger partial charge >= 0.3 is 0 Å². The van der Waals surface area contributed by atoms with Crippen LogP contribution in [0.3, 0.4) is 0 Å². The van der Waals surface area contributed by atoms with Gasteiger partial charge < -0.3 is 20.3 Å². The van der Waals surface area contributed by atoms with E-state index < -0.39 is 0 Å². The van der Waals surface area contributed by atoms with Crippen LogP contribution in [0.1, 0.15) is 20.8 Å². The predicted octanol–water partition coefficient (Wildman–Crippen LogP) is 0.315. The Labute approximate surface area is 111 Å². The molecule has 5 heteroatoms. The lowest BCUT2D eigenvalue weighted by molar-refractivity contribution is -0.121. The molecule has 0 radical (unpaired) electrons. The molecule has 108 valence electrons. The first kappa shape index (κ1) is 17.4. The summed E-state index contributed by atoms with van der Waals surface area (Å²) in [6.07, 6.45) is 0. The topological polar surface area (TPSA) is 53.6 Å². The number of methoxy groups -OCH3 is 1. The molecule has 0 aliphatic heterocycles. The minimum atomic E-state index is 0.0655. The number of rotatable bonds is 10. The van der Waals surface area contributed by atoms with Crippen LogP contribution < -0.4 is 10.6 Å². The fraction of sp³-hybridized carbons (Fsp3) is 0.923. The third-order valence-corrected chi connectivity index (χ3v) is 3.02. The molecule has 0 saturated carbocycles. The SMILES string of the molecule is COCCN(C)CCNCC(=O)NC(C)C(C)C. The Morgan fingerprint density at radius 3 is 2.50 bits per heavy atom. The van der Waals surface area contributed by atoms with Gasteiger partial charge in [0.1, 0.15) is 0 Å². The molecule has 18 heavy (non-hydrogen) atoms. The monoisotopic (exact) mass is 259 g/mol. The van der Waals surface area contributed by atoms with Crippen LogP contribution in [0.4, 0.5) is 0 Å². The maximum Gasteiger partial charge on any atom is 0.234 e. The molecule has 0 saturated heterocycles. The van der Waals surface area contributed by atoms with Crippen molar-refractivity contribution in [2.45, 2.75) is 26.8 Å². The highest BCUT2D eigenvalue weighted by atomic mass is 16.5. The van der Waals surface area contributed by atoms with Gasteiger partial charge in [-0.05, 0) is 19.9 Å². The second-order valence-corrected chi connectivity index (χ2v) is 5.07. The van der Waals surface area contributed by atoms with Crippen LogP contribution in [0.5, 0.6) is 0 Å². The number of carbonyl (C=O) groups excluding carboxylic acids is 1. The van der Waals surface area contributed by atoms with E-state index in [-0.39, 0.29) is 11.9 Å². The molecule has 0 rings (SSSR count). The fourth-order valence-corrected chi connectivity index (χ4v) is 1.30. The Kier molecular flexibility index (Phi) is 9.92. The summed E-state index contributed by atoms with van der Waals surface area (Å²) in [5.74, 6) is 0.532. The highest BCUT2D eigenvalue weighted by Gasteiger charge is 2.09. The lowest BCUT2D eigenvalue weighted by Crippen LogP contribution is -2.42. The lowest BCUT2D eigenvalue weighted by Gasteiger charge is -2.18. The number of nitrogens with zero attached hydrogens (tertiary/aromatic N) is 1. The first-order valence-electron chi connectivity index (χ1n) is 6.65. The Morgan fingerprint density at radius 2 is 1.94 bits per heavy atom. The molecule has 0 bridgehead atoms. The summed E-state index contributed by atoms with van der Waals surface area (Å²) in [5.41, 5.74) is 0. The molecule has 0 aliphatic rings. The van der Waals surface area contributed by atoms with Crippen LogP contribution in [0.25, 0.3) is 0 Å². The summed E-state index contributed by atoms with van der Waals surface area (Å²) in [5, 5.41) is 6.11. The van der Waals surface area contributed by atoms with Gasteiger partial charge in [0.25, 0.3) is 0 Å². The molecule has 1 amide bonds. The summed E-state index contributed by atoms with van der Waals surface area (Å²) < 4.78 is 5.00. The van der Waals surface area contributed by atoms with Crippen LogP contribution in [0.2, 0.25) is 0 Å². The number of nitrogens with one attached hydrogen (secondary N) is 2. The van der Waals surface area contributed by atoms with E-state index >= 15 is 0 Å². The lowest BCUT2D eigenvalue weighted by atomic mass is 10.1. The van der Waals surface area contributed by atoms with Gasteiger partial charge in [-0.3, -0.25) is 4.79 Å². The van der Waals surface area contributed by atoms with Crippen molar-refractivity contribution in [3.63, 3.8) is 0 Å². The first-order chi connectivity index (χ1) is 8.47. The molecule has 0 aromatic rings. The Balaban J connectivity index is 3.51. The van der Waals surface area contributed by atoms with Crippen LogP contribution >= 0.6 is 0 Å². The van der Waals surface area contributed by atoms with Crippen molar-refractivity contribution in [2.75, 3.05) is 46.9 Å².